The van der Waals surface area contributed by atoms with Gasteiger partial charge in [0.1, 0.15) is 31.8 Å². The molecule has 0 aliphatic heterocycles. The number of hydrogen-bond acceptors (Lipinski definition) is 12. The van der Waals surface area contributed by atoms with E-state index in [0.717, 1.165) is 46.0 Å². The van der Waals surface area contributed by atoms with Crippen molar-refractivity contribution in [2.45, 2.75) is 387 Å². The summed E-state index contributed by atoms with van der Waals surface area (Å²) in [5, 5.41) is 0. The molecule has 0 saturated carbocycles. The summed E-state index contributed by atoms with van der Waals surface area (Å²) >= 11 is 7.62. The third-order valence-corrected chi connectivity index (χ3v) is 22.0. The first-order chi connectivity index (χ1) is 43.8. The minimum Gasteiger partial charge on any atom is -0.465 e. The largest absolute Gasteiger partial charge is 0.465 e. The van der Waals surface area contributed by atoms with Crippen molar-refractivity contribution in [1.29, 1.82) is 0 Å². The number of thioether (sulfide) groups is 4. The van der Waals surface area contributed by atoms with Crippen LogP contribution in [-0.2, 0) is 38.1 Å². The molecule has 0 radical (unpaired) electrons. The Hall–Kier alpha value is -0.720. The molecule has 0 heterocycles. The normalized spacial score (nSPS) is 11.6. The van der Waals surface area contributed by atoms with E-state index in [1.54, 1.807) is 0 Å². The molecule has 0 atom stereocenters. The van der Waals surface area contributed by atoms with E-state index < -0.39 is 5.41 Å². The van der Waals surface area contributed by atoms with E-state index in [1.807, 2.05) is 47.0 Å². The highest BCUT2D eigenvalue weighted by molar-refractivity contribution is 7.99. The highest BCUT2D eigenvalue weighted by Gasteiger charge is 2.38. The predicted molar refractivity (Wildman–Crippen MR) is 397 cm³/mol. The van der Waals surface area contributed by atoms with E-state index in [1.165, 1.54) is 308 Å². The second-order valence-corrected chi connectivity index (χ2v) is 31.5. The van der Waals surface area contributed by atoms with Crippen LogP contribution in [0.5, 0.6) is 0 Å². The van der Waals surface area contributed by atoms with Crippen LogP contribution in [0.4, 0.5) is 0 Å². The first-order valence-corrected chi connectivity index (χ1v) is 43.4. The number of carbonyl (C=O) groups is 4. The molecule has 12 heteroatoms. The third-order valence-electron chi connectivity index (χ3n) is 17.4. The Labute approximate surface area is 570 Å². The van der Waals surface area contributed by atoms with Crippen LogP contribution in [0.3, 0.4) is 0 Å². The van der Waals surface area contributed by atoms with Gasteiger partial charge in [-0.05, 0) is 97.4 Å². The Morgan fingerprint density at radius 1 is 0.202 bits per heavy atom. The molecule has 0 fully saturated rings. The summed E-state index contributed by atoms with van der Waals surface area (Å²) in [5.41, 5.74) is -1.23. The number of esters is 4. The van der Waals surface area contributed by atoms with Gasteiger partial charge in [0.25, 0.3) is 0 Å². The molecule has 0 aromatic carbocycles. The van der Waals surface area contributed by atoms with Crippen molar-refractivity contribution in [3.05, 3.63) is 0 Å². The third kappa shape index (κ3) is 69.9. The SMILES string of the molecule is CCCCCCCCCCCCCCSCCCC(=O)OCC(COC(=O)CCCSCCCCCCCCCCCCCC)(COC(=O)CCCSCCCCCCCCCCCCCC)COC(=O)CCCSCCCCCCCCCCCCCC. The lowest BCUT2D eigenvalue weighted by atomic mass is 9.92. The van der Waals surface area contributed by atoms with Gasteiger partial charge in [-0.1, -0.05) is 310 Å². The van der Waals surface area contributed by atoms with Gasteiger partial charge in [-0.2, -0.15) is 47.0 Å². The molecule has 0 aromatic heterocycles. The monoisotopic (exact) mass is 1330 g/mol. The van der Waals surface area contributed by atoms with Gasteiger partial charge in [0, 0.05) is 25.7 Å². The summed E-state index contributed by atoms with van der Waals surface area (Å²) < 4.78 is 23.9. The average Bonchev–Trinajstić information content (AvgIpc) is 3.62. The van der Waals surface area contributed by atoms with Gasteiger partial charge < -0.3 is 18.9 Å². The maximum Gasteiger partial charge on any atom is 0.305 e. The van der Waals surface area contributed by atoms with E-state index in [2.05, 4.69) is 27.7 Å². The molecule has 0 N–H and O–H groups in total. The second-order valence-electron chi connectivity index (χ2n) is 26.6. The van der Waals surface area contributed by atoms with Crippen LogP contribution >= 0.6 is 47.0 Å². The van der Waals surface area contributed by atoms with Crippen molar-refractivity contribution in [3.63, 3.8) is 0 Å². The minimum absolute atomic E-state index is 0.176. The quantitative estimate of drug-likeness (QED) is 0.0329. The van der Waals surface area contributed by atoms with Crippen LogP contribution in [0.15, 0.2) is 0 Å². The number of ether oxygens (including phenoxy) is 4. The lowest BCUT2D eigenvalue weighted by Gasteiger charge is -2.31. The van der Waals surface area contributed by atoms with Crippen molar-refractivity contribution in [1.82, 2.24) is 0 Å². The number of unbranched alkanes of at least 4 members (excludes halogenated alkanes) is 44. The zero-order valence-corrected chi connectivity index (χ0v) is 62.7. The lowest BCUT2D eigenvalue weighted by molar-refractivity contribution is -0.170. The van der Waals surface area contributed by atoms with Gasteiger partial charge in [-0.25, -0.2) is 0 Å². The molecule has 0 saturated heterocycles. The molecular weight excluding hydrogens is 1180 g/mol. The van der Waals surface area contributed by atoms with Crippen molar-refractivity contribution < 1.29 is 38.1 Å². The standard InChI is InChI=1S/C77H148O8S4/c1-5-9-13-17-21-25-29-33-37-41-45-49-61-86-65-53-57-73(78)82-69-77(70-83-74(79)58-54-66-87-62-50-46-42-38-34-30-26-22-18-14-10-6-2,71-84-75(80)59-55-67-88-63-51-47-43-39-35-31-27-23-19-15-11-7-3)72-85-76(81)60-56-68-89-64-52-48-44-40-36-32-28-24-20-16-12-8-4/h5-72H2,1-4H3. The molecule has 0 amide bonds. The van der Waals surface area contributed by atoms with E-state index in [4.69, 9.17) is 18.9 Å². The van der Waals surface area contributed by atoms with Gasteiger partial charge in [0.05, 0.1) is 0 Å². The van der Waals surface area contributed by atoms with Crippen LogP contribution in [0.2, 0.25) is 0 Å². The van der Waals surface area contributed by atoms with Crippen LogP contribution in [-0.4, -0.2) is 96.3 Å². The fraction of sp³-hybridized carbons (Fsp3) is 0.948. The van der Waals surface area contributed by atoms with Crippen molar-refractivity contribution in [2.75, 3.05) is 72.5 Å². The van der Waals surface area contributed by atoms with Gasteiger partial charge >= 0.3 is 23.9 Å². The summed E-state index contributed by atoms with van der Waals surface area (Å²) in [5.74, 6) is 6.59. The lowest BCUT2D eigenvalue weighted by Crippen LogP contribution is -2.44. The van der Waals surface area contributed by atoms with Gasteiger partial charge in [0.15, 0.2) is 0 Å². The number of rotatable bonds is 76. The smallest absolute Gasteiger partial charge is 0.305 e. The van der Waals surface area contributed by atoms with E-state index >= 15 is 0 Å². The second kappa shape index (κ2) is 74.7. The molecule has 0 aliphatic carbocycles. The van der Waals surface area contributed by atoms with Crippen LogP contribution in [0.1, 0.15) is 387 Å². The van der Waals surface area contributed by atoms with Gasteiger partial charge in [-0.3, -0.25) is 19.2 Å². The maximum absolute atomic E-state index is 13.4. The summed E-state index contributed by atoms with van der Waals surface area (Å²) in [7, 11) is 0. The highest BCUT2D eigenvalue weighted by atomic mass is 32.2. The van der Waals surface area contributed by atoms with E-state index in [0.29, 0.717) is 25.7 Å². The number of carbonyl (C=O) groups excluding carboxylic acids is 4. The molecule has 0 unspecified atom stereocenters. The zero-order chi connectivity index (χ0) is 64.5. The van der Waals surface area contributed by atoms with Crippen molar-refractivity contribution >= 4 is 70.9 Å². The molecule has 0 bridgehead atoms. The summed E-state index contributed by atoms with van der Waals surface area (Å²) in [6.07, 6.45) is 68.3. The minimum atomic E-state index is -1.23. The molecular formula is C77H148O8S4. The highest BCUT2D eigenvalue weighted by Crippen LogP contribution is 2.25. The molecule has 528 valence electrons. The first-order valence-electron chi connectivity index (χ1n) is 38.8. The van der Waals surface area contributed by atoms with Gasteiger partial charge in [-0.15, -0.1) is 0 Å². The number of hydrogen-bond donors (Lipinski definition) is 0. The Balaban J connectivity index is 5.39. The molecule has 0 rings (SSSR count). The summed E-state index contributed by atoms with van der Waals surface area (Å²) in [6, 6.07) is 0. The predicted octanol–water partition coefficient (Wildman–Crippen LogP) is 25.0. The Morgan fingerprint density at radius 2 is 0.337 bits per heavy atom. The molecule has 0 aromatic rings. The molecule has 8 nitrogen and oxygen atoms in total. The summed E-state index contributed by atoms with van der Waals surface area (Å²) in [4.78, 5) is 53.7. The maximum atomic E-state index is 13.4. The molecule has 89 heavy (non-hydrogen) atoms. The van der Waals surface area contributed by atoms with Crippen LogP contribution in [0, 0.1) is 5.41 Å². The van der Waals surface area contributed by atoms with E-state index in [-0.39, 0.29) is 76.0 Å². The van der Waals surface area contributed by atoms with E-state index in [9.17, 15) is 19.2 Å². The average molecular weight is 1330 g/mol. The van der Waals surface area contributed by atoms with Crippen molar-refractivity contribution in [2.24, 2.45) is 5.41 Å². The topological polar surface area (TPSA) is 105 Å². The Bertz CT molecular complexity index is 1260. The van der Waals surface area contributed by atoms with Crippen LogP contribution in [0.25, 0.3) is 0 Å². The molecule has 0 aliphatic rings. The summed E-state index contributed by atoms with van der Waals surface area (Å²) in [6.45, 7) is 8.41. The van der Waals surface area contributed by atoms with Crippen LogP contribution < -0.4 is 0 Å². The molecule has 0 spiro atoms. The fourth-order valence-corrected chi connectivity index (χ4v) is 15.2. The first kappa shape index (κ1) is 88.3. The zero-order valence-electron chi connectivity index (χ0n) is 59.5. The van der Waals surface area contributed by atoms with Gasteiger partial charge in [0.2, 0.25) is 0 Å². The Kier molecular flexibility index (Phi) is 74.1. The Morgan fingerprint density at radius 3 is 0.494 bits per heavy atom. The van der Waals surface area contributed by atoms with Crippen molar-refractivity contribution in [3.8, 4) is 0 Å². The fourth-order valence-electron chi connectivity index (χ4n) is 11.3.